The van der Waals surface area contributed by atoms with Crippen LogP contribution in [0.5, 0.6) is 23.0 Å². The average Bonchev–Trinajstić information content (AvgIpc) is 3.38. The molecule has 0 fully saturated rings. The molecule has 0 saturated heterocycles. The van der Waals surface area contributed by atoms with E-state index in [9.17, 15) is 14.4 Å². The number of aromatic nitrogens is 1. The summed E-state index contributed by atoms with van der Waals surface area (Å²) in [5.74, 6) is 0.977. The molecule has 3 aromatic carbocycles. The molecule has 238 valence electrons. The fourth-order valence-corrected chi connectivity index (χ4v) is 6.16. The first-order valence-electron chi connectivity index (χ1n) is 14.7. The van der Waals surface area contributed by atoms with Gasteiger partial charge in [0.05, 0.1) is 49.3 Å². The number of benzene rings is 3. The number of rotatable bonds is 11. The number of hydrogen-bond acceptors (Lipinski definition) is 10. The highest BCUT2D eigenvalue weighted by Gasteiger charge is 2.36. The Labute approximate surface area is 269 Å². The van der Waals surface area contributed by atoms with Crippen LogP contribution in [0.2, 0.25) is 0 Å². The number of ether oxygens (including phenoxy) is 5. The predicted molar refractivity (Wildman–Crippen MR) is 174 cm³/mol. The van der Waals surface area contributed by atoms with Gasteiger partial charge in [0.2, 0.25) is 0 Å². The van der Waals surface area contributed by atoms with Crippen molar-refractivity contribution < 1.29 is 33.3 Å². The van der Waals surface area contributed by atoms with Gasteiger partial charge in [0.25, 0.3) is 5.56 Å². The van der Waals surface area contributed by atoms with E-state index in [1.54, 1.807) is 93.9 Å². The third-order valence-corrected chi connectivity index (χ3v) is 8.32. The van der Waals surface area contributed by atoms with Gasteiger partial charge in [0.1, 0.15) is 29.0 Å². The van der Waals surface area contributed by atoms with Crippen molar-refractivity contribution in [3.63, 3.8) is 0 Å². The molecule has 4 aromatic rings. The first-order chi connectivity index (χ1) is 22.3. The first kappa shape index (κ1) is 32.2. The smallest absolute Gasteiger partial charge is 0.343 e. The van der Waals surface area contributed by atoms with E-state index in [1.165, 1.54) is 23.0 Å². The zero-order valence-electron chi connectivity index (χ0n) is 26.2. The molecule has 1 atom stereocenters. The zero-order valence-corrected chi connectivity index (χ0v) is 27.0. The summed E-state index contributed by atoms with van der Waals surface area (Å²) in [5, 5.41) is 0. The number of esters is 2. The number of carbonyl (C=O) groups excluding carboxylic acids is 2. The van der Waals surface area contributed by atoms with Gasteiger partial charge in [-0.25, -0.2) is 14.6 Å². The van der Waals surface area contributed by atoms with Crippen molar-refractivity contribution in [2.45, 2.75) is 32.7 Å². The van der Waals surface area contributed by atoms with E-state index in [1.807, 2.05) is 6.92 Å². The van der Waals surface area contributed by atoms with Crippen molar-refractivity contribution in [3.05, 3.63) is 114 Å². The lowest BCUT2D eigenvalue weighted by atomic mass is 9.93. The largest absolute Gasteiger partial charge is 0.497 e. The Morgan fingerprint density at radius 2 is 1.54 bits per heavy atom. The van der Waals surface area contributed by atoms with Gasteiger partial charge < -0.3 is 23.7 Å². The number of nitrogens with zero attached hydrogens (tertiary/aromatic N) is 2. The van der Waals surface area contributed by atoms with Crippen LogP contribution in [-0.2, 0) is 9.53 Å². The van der Waals surface area contributed by atoms with Crippen LogP contribution in [-0.4, -0.2) is 44.4 Å². The highest BCUT2D eigenvalue weighted by Crippen LogP contribution is 2.38. The molecule has 1 aliphatic rings. The normalized spacial score (nSPS) is 14.3. The summed E-state index contributed by atoms with van der Waals surface area (Å²) >= 11 is 1.22. The maximum absolute atomic E-state index is 14.1. The molecule has 46 heavy (non-hydrogen) atoms. The van der Waals surface area contributed by atoms with Gasteiger partial charge in [-0.2, -0.15) is 0 Å². The van der Waals surface area contributed by atoms with Crippen LogP contribution in [0.15, 0.2) is 87.8 Å². The fourth-order valence-electron chi connectivity index (χ4n) is 5.14. The van der Waals surface area contributed by atoms with Crippen LogP contribution in [0.1, 0.15) is 54.2 Å². The molecule has 0 saturated carbocycles. The summed E-state index contributed by atoms with van der Waals surface area (Å²) in [4.78, 5) is 45.5. The summed E-state index contributed by atoms with van der Waals surface area (Å²) in [5.41, 5.74) is 2.19. The lowest BCUT2D eigenvalue weighted by molar-refractivity contribution is -0.139. The Hall–Kier alpha value is -5.16. The van der Waals surface area contributed by atoms with E-state index in [0.717, 1.165) is 6.42 Å². The summed E-state index contributed by atoms with van der Waals surface area (Å²) in [6, 6.07) is 17.9. The Morgan fingerprint density at radius 3 is 2.17 bits per heavy atom. The molecule has 0 aliphatic carbocycles. The van der Waals surface area contributed by atoms with Crippen LogP contribution in [0.25, 0.3) is 6.08 Å². The molecule has 0 radical (unpaired) electrons. The first-order valence-corrected chi connectivity index (χ1v) is 15.5. The summed E-state index contributed by atoms with van der Waals surface area (Å²) in [6.45, 7) is 3.90. The minimum Gasteiger partial charge on any atom is -0.497 e. The Morgan fingerprint density at radius 1 is 0.870 bits per heavy atom. The number of fused-ring (bicyclic) bond motifs is 1. The van der Waals surface area contributed by atoms with Crippen LogP contribution < -0.4 is 33.8 Å². The van der Waals surface area contributed by atoms with E-state index in [0.29, 0.717) is 61.1 Å². The van der Waals surface area contributed by atoms with E-state index in [2.05, 4.69) is 0 Å². The standard InChI is InChI=1S/C35H34N2O8S/c1-6-8-27-30(34(40)44-7-2)31(26-20-25(42-4)17-18-28(26)43-5)37-32(38)29(46-35(37)36-27)19-21-9-13-24(14-10-21)45-33(39)22-11-15-23(41-3)16-12-22/h9-20,31H,6-8H2,1-5H3/b29-19-/t31-/m1/s1. The molecule has 2 heterocycles. The molecule has 0 bridgehead atoms. The molecule has 1 aliphatic heterocycles. The highest BCUT2D eigenvalue weighted by atomic mass is 32.1. The van der Waals surface area contributed by atoms with Crippen molar-refractivity contribution in [1.29, 1.82) is 0 Å². The molecular weight excluding hydrogens is 608 g/mol. The Bertz CT molecular complexity index is 1960. The molecule has 11 heteroatoms. The fraction of sp³-hybridized carbons (Fsp3) is 0.257. The van der Waals surface area contributed by atoms with Gasteiger partial charge in [-0.1, -0.05) is 36.8 Å². The average molecular weight is 643 g/mol. The van der Waals surface area contributed by atoms with Gasteiger partial charge in [-0.3, -0.25) is 9.36 Å². The van der Waals surface area contributed by atoms with E-state index in [-0.39, 0.29) is 17.7 Å². The van der Waals surface area contributed by atoms with Gasteiger partial charge in [0.15, 0.2) is 4.80 Å². The van der Waals surface area contributed by atoms with Crippen LogP contribution in [0.3, 0.4) is 0 Å². The summed E-state index contributed by atoms with van der Waals surface area (Å²) < 4.78 is 29.3. The summed E-state index contributed by atoms with van der Waals surface area (Å²) in [6.07, 6.45) is 2.98. The maximum Gasteiger partial charge on any atom is 0.343 e. The Balaban J connectivity index is 1.57. The monoisotopic (exact) mass is 642 g/mol. The van der Waals surface area contributed by atoms with E-state index < -0.39 is 18.0 Å². The third-order valence-electron chi connectivity index (χ3n) is 7.34. The lowest BCUT2D eigenvalue weighted by Gasteiger charge is -2.27. The molecule has 0 unspecified atom stereocenters. The van der Waals surface area contributed by atoms with Crippen molar-refractivity contribution in [2.75, 3.05) is 27.9 Å². The molecule has 10 nitrogen and oxygen atoms in total. The lowest BCUT2D eigenvalue weighted by Crippen LogP contribution is -2.40. The van der Waals surface area contributed by atoms with E-state index in [4.69, 9.17) is 28.7 Å². The topological polar surface area (TPSA) is 115 Å². The van der Waals surface area contributed by atoms with Gasteiger partial charge in [-0.05, 0) is 79.6 Å². The quantitative estimate of drug-likeness (QED) is 0.169. The minimum atomic E-state index is -0.858. The maximum atomic E-state index is 14.1. The zero-order chi connectivity index (χ0) is 32.8. The third kappa shape index (κ3) is 6.59. The van der Waals surface area contributed by atoms with Crippen LogP contribution >= 0.6 is 11.3 Å². The molecule has 0 spiro atoms. The van der Waals surface area contributed by atoms with Crippen LogP contribution in [0.4, 0.5) is 0 Å². The van der Waals surface area contributed by atoms with Gasteiger partial charge >= 0.3 is 11.9 Å². The van der Waals surface area contributed by atoms with Crippen molar-refractivity contribution in [2.24, 2.45) is 4.99 Å². The van der Waals surface area contributed by atoms with Gasteiger partial charge in [-0.15, -0.1) is 0 Å². The second-order valence-electron chi connectivity index (χ2n) is 10.2. The van der Waals surface area contributed by atoms with Crippen molar-refractivity contribution in [1.82, 2.24) is 4.57 Å². The SMILES string of the molecule is CCCC1=C(C(=O)OCC)[C@@H](c2cc(OC)ccc2OC)n2c(s/c(=C\c3ccc(OC(=O)c4ccc(OC)cc4)cc3)c2=O)=N1. The van der Waals surface area contributed by atoms with Crippen molar-refractivity contribution >= 4 is 29.4 Å². The number of thiazole rings is 1. The second-order valence-corrected chi connectivity index (χ2v) is 11.2. The number of allylic oxidation sites excluding steroid dienone is 1. The molecular formula is C35H34N2O8S. The second kappa shape index (κ2) is 14.3. The minimum absolute atomic E-state index is 0.166. The molecule has 0 amide bonds. The predicted octanol–water partition coefficient (Wildman–Crippen LogP) is 4.82. The van der Waals surface area contributed by atoms with E-state index >= 15 is 0 Å². The number of carbonyl (C=O) groups is 2. The van der Waals surface area contributed by atoms with Gasteiger partial charge in [0, 0.05) is 5.56 Å². The molecule has 5 rings (SSSR count). The number of methoxy groups -OCH3 is 3. The molecule has 0 N–H and O–H groups in total. The number of hydrogen-bond donors (Lipinski definition) is 0. The van der Waals surface area contributed by atoms with Crippen LogP contribution in [0, 0.1) is 0 Å². The Kier molecular flexibility index (Phi) is 10.0. The highest BCUT2D eigenvalue weighted by molar-refractivity contribution is 7.07. The summed E-state index contributed by atoms with van der Waals surface area (Å²) in [7, 11) is 4.64. The molecule has 1 aromatic heterocycles. The van der Waals surface area contributed by atoms with Crippen molar-refractivity contribution in [3.8, 4) is 23.0 Å².